The minimum atomic E-state index is -2.87. The molecule has 0 amide bonds. The van der Waals surface area contributed by atoms with Crippen molar-refractivity contribution in [3.63, 3.8) is 0 Å². The zero-order valence-corrected chi connectivity index (χ0v) is 34.5. The first-order chi connectivity index (χ1) is 23.7. The average molecular weight is 824 g/mol. The van der Waals surface area contributed by atoms with Crippen molar-refractivity contribution in [1.29, 1.82) is 0 Å². The number of hydrogen-bond donors (Lipinski definition) is 0. The van der Waals surface area contributed by atoms with E-state index in [9.17, 15) is 0 Å². The molecule has 6 rings (SSSR count). The summed E-state index contributed by atoms with van der Waals surface area (Å²) >= 11 is 1.70. The highest BCUT2D eigenvalue weighted by Gasteiger charge is 2.52. The molecule has 0 fully saturated rings. The van der Waals surface area contributed by atoms with Gasteiger partial charge in [-0.05, 0) is 77.3 Å². The van der Waals surface area contributed by atoms with Crippen LogP contribution in [0, 0.1) is 6.92 Å². The van der Waals surface area contributed by atoms with Crippen molar-refractivity contribution in [1.82, 2.24) is 4.98 Å². The molecular weight excluding hydrogens is 777 g/mol. The largest absolute Gasteiger partial charge is 1.00 e. The highest BCUT2D eigenvalue weighted by atomic mass is 127. The van der Waals surface area contributed by atoms with Gasteiger partial charge in [0.15, 0.2) is 0 Å². The third kappa shape index (κ3) is 7.98. The van der Waals surface area contributed by atoms with Crippen LogP contribution < -0.4 is 50.3 Å². The normalized spacial score (nSPS) is 13.0. The Labute approximate surface area is 322 Å². The lowest BCUT2D eigenvalue weighted by atomic mass is 10.1. The second-order valence-electron chi connectivity index (χ2n) is 13.8. The van der Waals surface area contributed by atoms with Crippen LogP contribution in [0.3, 0.4) is 0 Å². The predicted molar refractivity (Wildman–Crippen MR) is 218 cm³/mol. The number of aryl methyl sites for hydroxylation is 1. The molecule has 6 aromatic rings. The summed E-state index contributed by atoms with van der Waals surface area (Å²) in [7, 11) is -4.95. The standard InChI is InChI=1S/C44H47NOPSSi.HI/c1-35(33-37-34-48-36(2)45-37)43(46-49(44(3,4)5,41-27-17-9-18-28-41)42-29-19-10-20-30-42)31-32-47(38-21-11-6-12-22-38,39-23-13-7-14-24-39)40-25-15-8-16-26-40;/h6-30,33-34,43H,31-32H2,1-5H3;1H/q+1;/p-1/b35-33+;/t43-;/m1./s1. The molecule has 0 saturated heterocycles. The molecule has 5 aromatic carbocycles. The van der Waals surface area contributed by atoms with Crippen LogP contribution in [-0.4, -0.2) is 25.6 Å². The van der Waals surface area contributed by atoms with Crippen molar-refractivity contribution in [2.75, 3.05) is 6.16 Å². The summed E-state index contributed by atoms with van der Waals surface area (Å²) in [5.74, 6) is 0. The molecule has 0 aliphatic heterocycles. The van der Waals surface area contributed by atoms with Crippen molar-refractivity contribution in [3.05, 3.63) is 173 Å². The molecule has 0 bridgehead atoms. The zero-order valence-electron chi connectivity index (χ0n) is 29.7. The van der Waals surface area contributed by atoms with E-state index in [1.165, 1.54) is 31.9 Å². The third-order valence-corrected chi connectivity index (χ3v) is 19.9. The van der Waals surface area contributed by atoms with E-state index in [0.717, 1.165) is 23.3 Å². The van der Waals surface area contributed by atoms with Crippen LogP contribution in [0.5, 0.6) is 0 Å². The van der Waals surface area contributed by atoms with E-state index >= 15 is 0 Å². The van der Waals surface area contributed by atoms with E-state index < -0.39 is 15.6 Å². The number of halogens is 1. The lowest BCUT2D eigenvalue weighted by molar-refractivity contribution is -0.0000107. The van der Waals surface area contributed by atoms with Crippen molar-refractivity contribution in [2.45, 2.75) is 52.2 Å². The summed E-state index contributed by atoms with van der Waals surface area (Å²) in [4.78, 5) is 4.85. The monoisotopic (exact) mass is 823 g/mol. The molecule has 1 atom stereocenters. The summed E-state index contributed by atoms with van der Waals surface area (Å²) < 4.78 is 7.98. The summed E-state index contributed by atoms with van der Waals surface area (Å²) in [6.45, 7) is 11.4. The lowest BCUT2D eigenvalue weighted by Crippen LogP contribution is -3.00. The Hall–Kier alpha value is -3.19. The van der Waals surface area contributed by atoms with Crippen LogP contribution >= 0.6 is 18.6 Å². The summed E-state index contributed by atoms with van der Waals surface area (Å²) in [6.07, 6.45) is 3.96. The Kier molecular flexibility index (Phi) is 12.8. The summed E-state index contributed by atoms with van der Waals surface area (Å²) in [5.41, 5.74) is 2.22. The van der Waals surface area contributed by atoms with Crippen LogP contribution in [-0.2, 0) is 4.43 Å². The first-order valence-corrected chi connectivity index (χ1v) is 21.9. The van der Waals surface area contributed by atoms with Crippen LogP contribution in [0.25, 0.3) is 6.08 Å². The molecule has 1 heterocycles. The quantitative estimate of drug-likeness (QED) is 0.0836. The van der Waals surface area contributed by atoms with Gasteiger partial charge in [-0.3, -0.25) is 0 Å². The van der Waals surface area contributed by atoms with E-state index in [2.05, 4.69) is 198 Å². The Morgan fingerprint density at radius 2 is 1.10 bits per heavy atom. The van der Waals surface area contributed by atoms with Crippen LogP contribution in [0.4, 0.5) is 0 Å². The van der Waals surface area contributed by atoms with Gasteiger partial charge in [0.05, 0.1) is 23.0 Å². The van der Waals surface area contributed by atoms with Crippen molar-refractivity contribution in [3.8, 4) is 0 Å². The highest BCUT2D eigenvalue weighted by Crippen LogP contribution is 2.56. The maximum absolute atomic E-state index is 7.98. The van der Waals surface area contributed by atoms with Gasteiger partial charge in [0.1, 0.15) is 23.2 Å². The Morgan fingerprint density at radius 3 is 1.46 bits per heavy atom. The number of nitrogens with zero attached hydrogens (tertiary/aromatic N) is 1. The van der Waals surface area contributed by atoms with Gasteiger partial charge in [0, 0.05) is 11.8 Å². The fraction of sp³-hybridized carbons (Fsp3) is 0.205. The maximum atomic E-state index is 7.98. The minimum absolute atomic E-state index is 0. The van der Waals surface area contributed by atoms with Gasteiger partial charge in [-0.15, -0.1) is 11.3 Å². The van der Waals surface area contributed by atoms with Gasteiger partial charge in [0.2, 0.25) is 0 Å². The highest BCUT2D eigenvalue weighted by molar-refractivity contribution is 7.95. The van der Waals surface area contributed by atoms with Crippen molar-refractivity contribution in [2.24, 2.45) is 0 Å². The van der Waals surface area contributed by atoms with Gasteiger partial charge < -0.3 is 28.4 Å². The van der Waals surface area contributed by atoms with Crippen LogP contribution in [0.2, 0.25) is 5.04 Å². The van der Waals surface area contributed by atoms with Gasteiger partial charge in [-0.25, -0.2) is 4.98 Å². The van der Waals surface area contributed by atoms with Crippen molar-refractivity contribution < 1.29 is 28.4 Å². The molecule has 0 saturated carbocycles. The molecule has 50 heavy (non-hydrogen) atoms. The molecule has 6 heteroatoms. The average Bonchev–Trinajstić information content (AvgIpc) is 3.55. The molecule has 0 aliphatic carbocycles. The van der Waals surface area contributed by atoms with Gasteiger partial charge in [-0.2, -0.15) is 0 Å². The molecule has 2 nitrogen and oxygen atoms in total. The van der Waals surface area contributed by atoms with Crippen LogP contribution in [0.1, 0.15) is 44.8 Å². The Bertz CT molecular complexity index is 1810. The van der Waals surface area contributed by atoms with Gasteiger partial charge in [-0.1, -0.05) is 136 Å². The summed E-state index contributed by atoms with van der Waals surface area (Å²) in [5, 5.41) is 9.88. The summed E-state index contributed by atoms with van der Waals surface area (Å²) in [6, 6.07) is 55.7. The topological polar surface area (TPSA) is 22.1 Å². The molecule has 1 aromatic heterocycles. The first kappa shape index (κ1) is 38.0. The Morgan fingerprint density at radius 1 is 0.700 bits per heavy atom. The minimum Gasteiger partial charge on any atom is -1.00 e. The fourth-order valence-electron chi connectivity index (χ4n) is 7.25. The second-order valence-corrected chi connectivity index (χ2v) is 22.7. The molecule has 0 N–H and O–H groups in total. The SMILES string of the molecule is C/C(=C\c1csc(C)n1)[C@@H](CC[P+](c1ccccc1)(c1ccccc1)c1ccccc1)O[Si](c1ccccc1)(c1ccccc1)C(C)(C)C.[I-]. The fourth-order valence-corrected chi connectivity index (χ4v) is 16.9. The number of aromatic nitrogens is 1. The Balaban J connectivity index is 0.00000486. The first-order valence-electron chi connectivity index (χ1n) is 17.2. The van der Waals surface area contributed by atoms with E-state index in [-0.39, 0.29) is 35.1 Å². The molecule has 256 valence electrons. The zero-order chi connectivity index (χ0) is 34.3. The van der Waals surface area contributed by atoms with Crippen LogP contribution in [0.15, 0.2) is 163 Å². The van der Waals surface area contributed by atoms with Crippen molar-refractivity contribution >= 4 is 59.3 Å². The third-order valence-electron chi connectivity index (χ3n) is 9.57. The lowest BCUT2D eigenvalue weighted by Gasteiger charge is -2.45. The van der Waals surface area contributed by atoms with Gasteiger partial charge >= 0.3 is 0 Å². The number of benzene rings is 5. The molecular formula is C44H47INOPSSi. The number of rotatable bonds is 12. The van der Waals surface area contributed by atoms with E-state index in [0.29, 0.717) is 0 Å². The molecule has 0 aliphatic rings. The maximum Gasteiger partial charge on any atom is 0.261 e. The van der Waals surface area contributed by atoms with E-state index in [4.69, 9.17) is 9.41 Å². The molecule has 0 spiro atoms. The predicted octanol–water partition coefficient (Wildman–Crippen LogP) is 6.19. The van der Waals surface area contributed by atoms with Gasteiger partial charge in [0.25, 0.3) is 8.32 Å². The number of thiazole rings is 1. The van der Waals surface area contributed by atoms with E-state index in [1.54, 1.807) is 11.3 Å². The van der Waals surface area contributed by atoms with E-state index in [1.807, 2.05) is 0 Å². The smallest absolute Gasteiger partial charge is 0.261 e. The molecule has 0 radical (unpaired) electrons. The molecule has 0 unspecified atom stereocenters. The number of hydrogen-bond acceptors (Lipinski definition) is 3. The second kappa shape index (κ2) is 16.9.